The van der Waals surface area contributed by atoms with E-state index in [2.05, 4.69) is 72.6 Å². The molecule has 2 aromatic rings. The van der Waals surface area contributed by atoms with Crippen molar-refractivity contribution in [2.75, 3.05) is 19.4 Å². The van der Waals surface area contributed by atoms with Gasteiger partial charge in [-0.1, -0.05) is 43.3 Å². The minimum Gasteiger partial charge on any atom is -0.370 e. The first kappa shape index (κ1) is 20.4. The normalized spacial score (nSPS) is 11.2. The summed E-state index contributed by atoms with van der Waals surface area (Å²) in [6.45, 7) is 3.64. The Balaban J connectivity index is 0.00000288. The minimum absolute atomic E-state index is 0. The Labute approximate surface area is 162 Å². The number of halogens is 1. The maximum Gasteiger partial charge on any atom is 0.193 e. The van der Waals surface area contributed by atoms with Crippen molar-refractivity contribution in [2.24, 2.45) is 10.7 Å². The van der Waals surface area contributed by atoms with Crippen LogP contribution in [0, 0.1) is 0 Å². The summed E-state index contributed by atoms with van der Waals surface area (Å²) < 4.78 is 0. The summed E-state index contributed by atoms with van der Waals surface area (Å²) >= 11 is 0. The lowest BCUT2D eigenvalue weighted by Crippen LogP contribution is -2.22. The van der Waals surface area contributed by atoms with Gasteiger partial charge in [0.05, 0.1) is 6.54 Å². The third kappa shape index (κ3) is 6.88. The summed E-state index contributed by atoms with van der Waals surface area (Å²) in [5.41, 5.74) is 10.7. The molecule has 0 bridgehead atoms. The first-order valence-corrected chi connectivity index (χ1v) is 7.95. The molecule has 3 N–H and O–H groups in total. The highest BCUT2D eigenvalue weighted by atomic mass is 127. The van der Waals surface area contributed by atoms with Crippen LogP contribution in [0.25, 0.3) is 0 Å². The summed E-state index contributed by atoms with van der Waals surface area (Å²) in [7, 11) is 4.13. The Hall–Kier alpha value is -1.60. The molecule has 0 saturated carbocycles. The van der Waals surface area contributed by atoms with Crippen LogP contribution in [0.15, 0.2) is 53.5 Å². The third-order valence-corrected chi connectivity index (χ3v) is 3.56. The van der Waals surface area contributed by atoms with E-state index < -0.39 is 0 Å². The van der Waals surface area contributed by atoms with E-state index in [-0.39, 0.29) is 24.0 Å². The van der Waals surface area contributed by atoms with Crippen LogP contribution in [0.2, 0.25) is 0 Å². The summed E-state index contributed by atoms with van der Waals surface area (Å²) in [5.74, 6) is 0.437. The summed E-state index contributed by atoms with van der Waals surface area (Å²) in [6.07, 6.45) is 1.03. The molecular formula is C19H27IN4. The van der Waals surface area contributed by atoms with Gasteiger partial charge in [0, 0.05) is 12.2 Å². The van der Waals surface area contributed by atoms with Crippen molar-refractivity contribution in [3.63, 3.8) is 0 Å². The fraction of sp³-hybridized carbons (Fsp3) is 0.316. The van der Waals surface area contributed by atoms with Gasteiger partial charge in [-0.25, -0.2) is 4.99 Å². The predicted molar refractivity (Wildman–Crippen MR) is 114 cm³/mol. The maximum atomic E-state index is 5.97. The maximum absolute atomic E-state index is 5.97. The number of hydrogen-bond acceptors (Lipinski definition) is 2. The second-order valence-electron chi connectivity index (χ2n) is 5.93. The number of aliphatic imine (C=N–C) groups is 1. The van der Waals surface area contributed by atoms with E-state index >= 15 is 0 Å². The molecule has 0 spiro atoms. The standard InChI is InChI=1S/C19H26N4.HI/c1-4-15-8-10-18(11-9-15)22-19(20)21-13-16-6-5-7-17(12-16)14-23(2)3;/h5-12H,4,13-14H2,1-3H3,(H3,20,21,22);1H. The quantitative estimate of drug-likeness (QED) is 0.409. The topological polar surface area (TPSA) is 53.6 Å². The SMILES string of the molecule is CCc1ccc(NC(N)=NCc2cccc(CN(C)C)c2)cc1.I. The monoisotopic (exact) mass is 438 g/mol. The number of hydrogen-bond donors (Lipinski definition) is 2. The molecule has 0 atom stereocenters. The number of nitrogens with two attached hydrogens (primary N) is 1. The molecule has 2 rings (SSSR count). The molecule has 0 aliphatic carbocycles. The van der Waals surface area contributed by atoms with Crippen molar-refractivity contribution in [1.82, 2.24) is 4.90 Å². The Kier molecular flexibility index (Phi) is 8.78. The van der Waals surface area contributed by atoms with Crippen molar-refractivity contribution in [3.05, 3.63) is 65.2 Å². The second-order valence-corrected chi connectivity index (χ2v) is 5.93. The van der Waals surface area contributed by atoms with E-state index in [1.54, 1.807) is 0 Å². The minimum atomic E-state index is 0. The molecular weight excluding hydrogens is 411 g/mol. The molecule has 0 aliphatic heterocycles. The van der Waals surface area contributed by atoms with Gasteiger partial charge in [0.1, 0.15) is 0 Å². The van der Waals surface area contributed by atoms with Gasteiger partial charge >= 0.3 is 0 Å². The number of guanidine groups is 1. The van der Waals surface area contributed by atoms with E-state index in [4.69, 9.17) is 5.73 Å². The summed E-state index contributed by atoms with van der Waals surface area (Å²) in [6, 6.07) is 16.7. The summed E-state index contributed by atoms with van der Waals surface area (Å²) in [4.78, 5) is 6.57. The average molecular weight is 438 g/mol. The lowest BCUT2D eigenvalue weighted by atomic mass is 10.1. The van der Waals surface area contributed by atoms with Crippen molar-refractivity contribution in [1.29, 1.82) is 0 Å². The first-order chi connectivity index (χ1) is 11.1. The van der Waals surface area contributed by atoms with Crippen LogP contribution < -0.4 is 11.1 Å². The molecule has 0 unspecified atom stereocenters. The molecule has 0 fully saturated rings. The molecule has 0 radical (unpaired) electrons. The Morgan fingerprint density at radius 2 is 1.71 bits per heavy atom. The zero-order valence-electron chi connectivity index (χ0n) is 14.6. The Bertz CT molecular complexity index is 651. The van der Waals surface area contributed by atoms with Gasteiger partial charge in [0.2, 0.25) is 0 Å². The van der Waals surface area contributed by atoms with Crippen LogP contribution >= 0.6 is 24.0 Å². The molecule has 0 heterocycles. The lowest BCUT2D eigenvalue weighted by Gasteiger charge is -2.10. The van der Waals surface area contributed by atoms with E-state index in [0.29, 0.717) is 12.5 Å². The van der Waals surface area contributed by atoms with Gasteiger partial charge in [0.25, 0.3) is 0 Å². The van der Waals surface area contributed by atoms with Crippen LogP contribution in [-0.4, -0.2) is 25.0 Å². The lowest BCUT2D eigenvalue weighted by molar-refractivity contribution is 0.402. The number of rotatable bonds is 6. The molecule has 24 heavy (non-hydrogen) atoms. The van der Waals surface area contributed by atoms with E-state index in [1.807, 2.05) is 12.1 Å². The zero-order valence-corrected chi connectivity index (χ0v) is 17.0. The predicted octanol–water partition coefficient (Wildman–Crippen LogP) is 3.86. The molecule has 130 valence electrons. The highest BCUT2D eigenvalue weighted by molar-refractivity contribution is 14.0. The Morgan fingerprint density at radius 3 is 2.33 bits per heavy atom. The van der Waals surface area contributed by atoms with Gasteiger partial charge in [-0.15, -0.1) is 24.0 Å². The number of benzene rings is 2. The smallest absolute Gasteiger partial charge is 0.193 e. The fourth-order valence-electron chi connectivity index (χ4n) is 2.38. The van der Waals surface area contributed by atoms with Crippen molar-refractivity contribution < 1.29 is 0 Å². The van der Waals surface area contributed by atoms with Gasteiger partial charge in [-0.05, 0) is 49.3 Å². The molecule has 5 heteroatoms. The number of nitrogens with zero attached hydrogens (tertiary/aromatic N) is 2. The van der Waals surface area contributed by atoms with Crippen molar-refractivity contribution in [2.45, 2.75) is 26.4 Å². The first-order valence-electron chi connectivity index (χ1n) is 7.95. The van der Waals surface area contributed by atoms with Crippen molar-refractivity contribution in [3.8, 4) is 0 Å². The fourth-order valence-corrected chi connectivity index (χ4v) is 2.38. The highest BCUT2D eigenvalue weighted by Crippen LogP contribution is 2.11. The number of nitrogens with one attached hydrogen (secondary N) is 1. The van der Waals surface area contributed by atoms with Crippen LogP contribution in [0.1, 0.15) is 23.6 Å². The van der Waals surface area contributed by atoms with E-state index in [1.165, 1.54) is 11.1 Å². The average Bonchev–Trinajstić information content (AvgIpc) is 2.53. The van der Waals surface area contributed by atoms with Gasteiger partial charge in [0.15, 0.2) is 5.96 Å². The van der Waals surface area contributed by atoms with Gasteiger partial charge < -0.3 is 16.0 Å². The Morgan fingerprint density at radius 1 is 1.04 bits per heavy atom. The summed E-state index contributed by atoms with van der Waals surface area (Å²) in [5, 5.41) is 3.13. The van der Waals surface area contributed by atoms with E-state index in [0.717, 1.165) is 24.2 Å². The molecule has 0 aliphatic rings. The van der Waals surface area contributed by atoms with Gasteiger partial charge in [-0.2, -0.15) is 0 Å². The molecule has 0 aromatic heterocycles. The molecule has 0 saturated heterocycles. The largest absolute Gasteiger partial charge is 0.370 e. The molecule has 0 amide bonds. The third-order valence-electron chi connectivity index (χ3n) is 3.56. The van der Waals surface area contributed by atoms with Crippen LogP contribution in [-0.2, 0) is 19.5 Å². The van der Waals surface area contributed by atoms with Gasteiger partial charge in [-0.3, -0.25) is 0 Å². The zero-order chi connectivity index (χ0) is 16.7. The van der Waals surface area contributed by atoms with Crippen LogP contribution in [0.5, 0.6) is 0 Å². The van der Waals surface area contributed by atoms with Crippen molar-refractivity contribution >= 4 is 35.6 Å². The van der Waals surface area contributed by atoms with Crippen LogP contribution in [0.3, 0.4) is 0 Å². The number of aryl methyl sites for hydroxylation is 1. The van der Waals surface area contributed by atoms with E-state index in [9.17, 15) is 0 Å². The molecule has 4 nitrogen and oxygen atoms in total. The highest BCUT2D eigenvalue weighted by Gasteiger charge is 1.99. The van der Waals surface area contributed by atoms with Crippen LogP contribution in [0.4, 0.5) is 5.69 Å². The number of anilines is 1. The molecule has 2 aromatic carbocycles. The second kappa shape index (κ2) is 10.3.